The Bertz CT molecular complexity index is 1140. The summed E-state index contributed by atoms with van der Waals surface area (Å²) in [7, 11) is -2.28. The Balaban J connectivity index is 1.38. The zero-order chi connectivity index (χ0) is 23.0. The molecule has 1 amide bonds. The van der Waals surface area contributed by atoms with Crippen molar-refractivity contribution < 1.29 is 17.9 Å². The number of carbonyl (C=O) groups is 1. The van der Waals surface area contributed by atoms with Gasteiger partial charge in [0.1, 0.15) is 5.75 Å². The number of benzene rings is 2. The highest BCUT2D eigenvalue weighted by Gasteiger charge is 2.33. The molecule has 3 aliphatic rings. The lowest BCUT2D eigenvalue weighted by Gasteiger charge is -2.38. The Morgan fingerprint density at radius 2 is 1.70 bits per heavy atom. The van der Waals surface area contributed by atoms with Crippen molar-refractivity contribution in [2.75, 3.05) is 44.1 Å². The van der Waals surface area contributed by atoms with Gasteiger partial charge in [-0.3, -0.25) is 14.0 Å². The van der Waals surface area contributed by atoms with E-state index in [9.17, 15) is 13.2 Å². The second-order valence-electron chi connectivity index (χ2n) is 9.08. The fourth-order valence-electron chi connectivity index (χ4n) is 5.43. The SMILES string of the molecule is COc1ccc(S(=O)(=O)N2CCc3ccccc32)cc1C(=O)N1CCN(C2CCCC2)CC1. The number of amides is 1. The first-order valence-electron chi connectivity index (χ1n) is 11.8. The predicted octanol–water partition coefficient (Wildman–Crippen LogP) is 3.15. The molecule has 2 aliphatic heterocycles. The zero-order valence-electron chi connectivity index (χ0n) is 19.1. The van der Waals surface area contributed by atoms with E-state index in [1.54, 1.807) is 6.07 Å². The van der Waals surface area contributed by atoms with Gasteiger partial charge in [0.05, 0.1) is 23.3 Å². The molecule has 2 aromatic rings. The summed E-state index contributed by atoms with van der Waals surface area (Å²) in [6, 6.07) is 12.8. The molecule has 1 aliphatic carbocycles. The quantitative estimate of drug-likeness (QED) is 0.673. The van der Waals surface area contributed by atoms with Crippen LogP contribution in [0.1, 0.15) is 41.6 Å². The van der Waals surface area contributed by atoms with Gasteiger partial charge < -0.3 is 9.64 Å². The third kappa shape index (κ3) is 4.10. The smallest absolute Gasteiger partial charge is 0.264 e. The summed E-state index contributed by atoms with van der Waals surface area (Å²) in [6.45, 7) is 3.42. The molecule has 2 fully saturated rings. The number of hydrogen-bond donors (Lipinski definition) is 0. The number of piperazine rings is 1. The minimum atomic E-state index is -3.78. The highest BCUT2D eigenvalue weighted by atomic mass is 32.2. The topological polar surface area (TPSA) is 70.2 Å². The largest absolute Gasteiger partial charge is 0.496 e. The molecule has 0 radical (unpaired) electrons. The van der Waals surface area contributed by atoms with Gasteiger partial charge in [-0.1, -0.05) is 31.0 Å². The first kappa shape index (κ1) is 22.2. The summed E-state index contributed by atoms with van der Waals surface area (Å²) in [4.78, 5) is 17.9. The molecule has 0 aromatic heterocycles. The molecule has 33 heavy (non-hydrogen) atoms. The molecule has 0 N–H and O–H groups in total. The lowest BCUT2D eigenvalue weighted by molar-refractivity contribution is 0.0570. The maximum Gasteiger partial charge on any atom is 0.264 e. The average Bonchev–Trinajstić information content (AvgIpc) is 3.54. The monoisotopic (exact) mass is 469 g/mol. The fraction of sp³-hybridized carbons (Fsp3) is 0.480. The van der Waals surface area contributed by atoms with E-state index in [0.29, 0.717) is 49.1 Å². The highest BCUT2D eigenvalue weighted by Crippen LogP contribution is 2.34. The molecular weight excluding hydrogens is 438 g/mol. The molecule has 8 heteroatoms. The Morgan fingerprint density at radius 3 is 2.42 bits per heavy atom. The van der Waals surface area contributed by atoms with E-state index in [1.807, 2.05) is 29.2 Å². The second-order valence-corrected chi connectivity index (χ2v) is 10.9. The van der Waals surface area contributed by atoms with Crippen molar-refractivity contribution in [2.45, 2.75) is 43.0 Å². The molecule has 2 aromatic carbocycles. The lowest BCUT2D eigenvalue weighted by Crippen LogP contribution is -2.51. The van der Waals surface area contributed by atoms with Gasteiger partial charge in [0.15, 0.2) is 0 Å². The number of fused-ring (bicyclic) bond motifs is 1. The van der Waals surface area contributed by atoms with Gasteiger partial charge >= 0.3 is 0 Å². The normalized spacial score (nSPS) is 19.7. The van der Waals surface area contributed by atoms with Crippen LogP contribution in [0.2, 0.25) is 0 Å². The Hall–Kier alpha value is -2.58. The first-order valence-corrected chi connectivity index (χ1v) is 13.2. The fourth-order valence-corrected chi connectivity index (χ4v) is 6.96. The summed E-state index contributed by atoms with van der Waals surface area (Å²) in [6.07, 6.45) is 5.78. The van der Waals surface area contributed by atoms with Crippen LogP contribution < -0.4 is 9.04 Å². The predicted molar refractivity (Wildman–Crippen MR) is 127 cm³/mol. The van der Waals surface area contributed by atoms with E-state index in [4.69, 9.17) is 4.74 Å². The standard InChI is InChI=1S/C25H31N3O4S/c1-32-24-11-10-21(33(30,31)28-13-12-19-6-2-5-9-23(19)28)18-22(24)25(29)27-16-14-26(15-17-27)20-7-3-4-8-20/h2,5-6,9-11,18,20H,3-4,7-8,12-17H2,1H3. The third-order valence-electron chi connectivity index (χ3n) is 7.28. The molecule has 0 spiro atoms. The van der Waals surface area contributed by atoms with Gasteiger partial charge in [0, 0.05) is 38.8 Å². The Kier molecular flexibility index (Phi) is 6.05. The van der Waals surface area contributed by atoms with Gasteiger partial charge in [-0.25, -0.2) is 8.42 Å². The maximum atomic E-state index is 13.5. The van der Waals surface area contributed by atoms with Gasteiger partial charge in [-0.2, -0.15) is 0 Å². The molecule has 176 valence electrons. The van der Waals surface area contributed by atoms with Gasteiger partial charge in [0.25, 0.3) is 15.9 Å². The van der Waals surface area contributed by atoms with E-state index >= 15 is 0 Å². The van der Waals surface area contributed by atoms with Crippen LogP contribution in [-0.4, -0.2) is 70.0 Å². The lowest BCUT2D eigenvalue weighted by atomic mass is 10.1. The number of carbonyl (C=O) groups excluding carboxylic acids is 1. The van der Waals surface area contributed by atoms with Gasteiger partial charge in [-0.05, 0) is 49.1 Å². The molecule has 0 bridgehead atoms. The molecule has 1 saturated carbocycles. The van der Waals surface area contributed by atoms with Crippen molar-refractivity contribution in [1.82, 2.24) is 9.80 Å². The average molecular weight is 470 g/mol. The van der Waals surface area contributed by atoms with Crippen LogP contribution in [0.15, 0.2) is 47.4 Å². The van der Waals surface area contributed by atoms with E-state index in [1.165, 1.54) is 49.2 Å². The number of para-hydroxylation sites is 1. The van der Waals surface area contributed by atoms with E-state index in [2.05, 4.69) is 4.90 Å². The summed E-state index contributed by atoms with van der Waals surface area (Å²) in [5, 5.41) is 0. The van der Waals surface area contributed by atoms with Gasteiger partial charge in [-0.15, -0.1) is 0 Å². The van der Waals surface area contributed by atoms with E-state index in [0.717, 1.165) is 18.7 Å². The second kappa shape index (κ2) is 8.99. The minimum Gasteiger partial charge on any atom is -0.496 e. The van der Waals surface area contributed by atoms with Crippen LogP contribution in [0.5, 0.6) is 5.75 Å². The number of anilines is 1. The number of sulfonamides is 1. The number of hydrogen-bond acceptors (Lipinski definition) is 5. The number of rotatable bonds is 5. The van der Waals surface area contributed by atoms with Crippen molar-refractivity contribution in [1.29, 1.82) is 0 Å². The van der Waals surface area contributed by atoms with Crippen molar-refractivity contribution >= 4 is 21.6 Å². The van der Waals surface area contributed by atoms with Crippen molar-refractivity contribution in [2.24, 2.45) is 0 Å². The first-order chi connectivity index (χ1) is 16.0. The number of nitrogens with zero attached hydrogens (tertiary/aromatic N) is 3. The van der Waals surface area contributed by atoms with Crippen molar-refractivity contribution in [3.63, 3.8) is 0 Å². The van der Waals surface area contributed by atoms with Gasteiger partial charge in [0.2, 0.25) is 0 Å². The van der Waals surface area contributed by atoms with E-state index < -0.39 is 10.0 Å². The molecule has 2 heterocycles. The van der Waals surface area contributed by atoms with Crippen LogP contribution in [0, 0.1) is 0 Å². The van der Waals surface area contributed by atoms with Crippen molar-refractivity contribution in [3.05, 3.63) is 53.6 Å². The third-order valence-corrected chi connectivity index (χ3v) is 9.09. The maximum absolute atomic E-state index is 13.5. The molecule has 1 saturated heterocycles. The van der Waals surface area contributed by atoms with Crippen LogP contribution in [0.4, 0.5) is 5.69 Å². The van der Waals surface area contributed by atoms with Crippen molar-refractivity contribution in [3.8, 4) is 5.75 Å². The summed E-state index contributed by atoms with van der Waals surface area (Å²) in [5.74, 6) is 0.232. The Labute approximate surface area is 196 Å². The van der Waals surface area contributed by atoms with Crippen LogP contribution in [0.25, 0.3) is 0 Å². The number of ether oxygens (including phenoxy) is 1. The molecule has 0 atom stereocenters. The summed E-state index contributed by atoms with van der Waals surface area (Å²) < 4.78 is 33.9. The van der Waals surface area contributed by atoms with E-state index in [-0.39, 0.29) is 10.8 Å². The molecular formula is C25H31N3O4S. The minimum absolute atomic E-state index is 0.118. The molecule has 0 unspecified atom stereocenters. The Morgan fingerprint density at radius 1 is 0.970 bits per heavy atom. The van der Waals surface area contributed by atoms with Crippen LogP contribution in [0.3, 0.4) is 0 Å². The summed E-state index contributed by atoms with van der Waals surface area (Å²) >= 11 is 0. The molecule has 7 nitrogen and oxygen atoms in total. The summed E-state index contributed by atoms with van der Waals surface area (Å²) in [5.41, 5.74) is 2.04. The van der Waals surface area contributed by atoms with Crippen LogP contribution in [-0.2, 0) is 16.4 Å². The van der Waals surface area contributed by atoms with Crippen LogP contribution >= 0.6 is 0 Å². The molecule has 5 rings (SSSR count). The number of methoxy groups -OCH3 is 1. The highest BCUT2D eigenvalue weighted by molar-refractivity contribution is 7.92. The zero-order valence-corrected chi connectivity index (χ0v) is 19.9.